The average Bonchev–Trinajstić information content (AvgIpc) is 3.09. The van der Waals surface area contributed by atoms with Crippen molar-refractivity contribution in [3.05, 3.63) is 63.1 Å². The number of hydrogen-bond acceptors (Lipinski definition) is 4. The predicted octanol–water partition coefficient (Wildman–Crippen LogP) is 3.72. The average molecular weight is 401 g/mol. The SMILES string of the molecule is COC(=O)C1=C(C)NC(=O)C1=Cc1cc(C)n(-c2ccc(OC)c(Cl)c2)c1C. The van der Waals surface area contributed by atoms with Crippen LogP contribution in [0.2, 0.25) is 5.02 Å². The van der Waals surface area contributed by atoms with Crippen LogP contribution >= 0.6 is 11.6 Å². The van der Waals surface area contributed by atoms with E-state index in [1.54, 1.807) is 26.2 Å². The molecular weight excluding hydrogens is 380 g/mol. The molecule has 2 heterocycles. The fourth-order valence-corrected chi connectivity index (χ4v) is 3.65. The van der Waals surface area contributed by atoms with Gasteiger partial charge in [0.15, 0.2) is 0 Å². The lowest BCUT2D eigenvalue weighted by atomic mass is 10.0. The monoisotopic (exact) mass is 400 g/mol. The smallest absolute Gasteiger partial charge is 0.340 e. The summed E-state index contributed by atoms with van der Waals surface area (Å²) in [6.45, 7) is 5.58. The number of aromatic nitrogens is 1. The second-order valence-corrected chi connectivity index (χ2v) is 6.89. The molecule has 0 saturated carbocycles. The van der Waals surface area contributed by atoms with Crippen molar-refractivity contribution >= 4 is 29.6 Å². The number of hydrogen-bond donors (Lipinski definition) is 1. The third kappa shape index (κ3) is 3.31. The number of nitrogens with one attached hydrogen (secondary N) is 1. The fraction of sp³-hybridized carbons (Fsp3) is 0.238. The molecular formula is C21H21ClN2O4. The molecule has 1 aliphatic heterocycles. The number of aryl methyl sites for hydroxylation is 1. The molecule has 6 nitrogen and oxygen atoms in total. The molecule has 0 radical (unpaired) electrons. The van der Waals surface area contributed by atoms with Crippen molar-refractivity contribution in [2.45, 2.75) is 20.8 Å². The second-order valence-electron chi connectivity index (χ2n) is 6.48. The Bertz CT molecular complexity index is 1050. The van der Waals surface area contributed by atoms with Gasteiger partial charge >= 0.3 is 5.97 Å². The molecule has 28 heavy (non-hydrogen) atoms. The lowest BCUT2D eigenvalue weighted by Gasteiger charge is -2.12. The number of nitrogens with zero attached hydrogens (tertiary/aromatic N) is 1. The van der Waals surface area contributed by atoms with Crippen molar-refractivity contribution in [2.75, 3.05) is 14.2 Å². The number of amides is 1. The highest BCUT2D eigenvalue weighted by Crippen LogP contribution is 2.31. The minimum absolute atomic E-state index is 0.254. The Morgan fingerprint density at radius 3 is 2.50 bits per heavy atom. The Kier molecular flexibility index (Phi) is 5.34. The van der Waals surface area contributed by atoms with Gasteiger partial charge in [0.05, 0.1) is 30.4 Å². The van der Waals surface area contributed by atoms with E-state index in [1.165, 1.54) is 7.11 Å². The summed E-state index contributed by atoms with van der Waals surface area (Å²) in [6.07, 6.45) is 1.71. The molecule has 1 amide bonds. The van der Waals surface area contributed by atoms with Crippen LogP contribution in [0.15, 0.2) is 41.1 Å². The van der Waals surface area contributed by atoms with Gasteiger partial charge in [0, 0.05) is 22.8 Å². The molecule has 0 spiro atoms. The van der Waals surface area contributed by atoms with Gasteiger partial charge in [0.1, 0.15) is 5.75 Å². The molecule has 0 bridgehead atoms. The van der Waals surface area contributed by atoms with Crippen LogP contribution in [-0.2, 0) is 14.3 Å². The number of halogens is 1. The summed E-state index contributed by atoms with van der Waals surface area (Å²) < 4.78 is 12.1. The van der Waals surface area contributed by atoms with Gasteiger partial charge in [-0.25, -0.2) is 4.79 Å². The summed E-state index contributed by atoms with van der Waals surface area (Å²) in [7, 11) is 2.86. The maximum absolute atomic E-state index is 12.3. The summed E-state index contributed by atoms with van der Waals surface area (Å²) >= 11 is 6.27. The minimum atomic E-state index is -0.544. The Balaban J connectivity index is 2.10. The van der Waals surface area contributed by atoms with Crippen LogP contribution in [0, 0.1) is 13.8 Å². The van der Waals surface area contributed by atoms with E-state index in [9.17, 15) is 9.59 Å². The van der Waals surface area contributed by atoms with Gasteiger partial charge < -0.3 is 19.4 Å². The predicted molar refractivity (Wildman–Crippen MR) is 108 cm³/mol. The van der Waals surface area contributed by atoms with Gasteiger partial charge in [0.2, 0.25) is 0 Å². The van der Waals surface area contributed by atoms with Gasteiger partial charge in [-0.05, 0) is 56.7 Å². The molecule has 0 aliphatic carbocycles. The Morgan fingerprint density at radius 1 is 1.18 bits per heavy atom. The molecule has 1 N–H and O–H groups in total. The van der Waals surface area contributed by atoms with Crippen molar-refractivity contribution in [1.29, 1.82) is 0 Å². The number of ether oxygens (including phenoxy) is 2. The zero-order chi connectivity index (χ0) is 20.6. The first-order chi connectivity index (χ1) is 13.3. The largest absolute Gasteiger partial charge is 0.495 e. The van der Waals surface area contributed by atoms with E-state index < -0.39 is 5.97 Å². The standard InChI is InChI=1S/C21H21ClN2O4/c1-11-8-14(9-16-19(21(26)28-5)12(2)23-20(16)25)13(3)24(11)15-6-7-18(27-4)17(22)10-15/h6-10H,1-5H3,(H,23,25). The Hall–Kier alpha value is -2.99. The van der Waals surface area contributed by atoms with Gasteiger partial charge in [-0.2, -0.15) is 0 Å². The van der Waals surface area contributed by atoms with Crippen LogP contribution in [0.3, 0.4) is 0 Å². The Labute approximate surface area is 168 Å². The van der Waals surface area contributed by atoms with Crippen LogP contribution in [-0.4, -0.2) is 30.7 Å². The molecule has 0 unspecified atom stereocenters. The summed E-state index contributed by atoms with van der Waals surface area (Å²) in [6, 6.07) is 7.49. The van der Waals surface area contributed by atoms with E-state index in [0.717, 1.165) is 22.6 Å². The molecule has 146 valence electrons. The number of benzene rings is 1. The van der Waals surface area contributed by atoms with Crippen LogP contribution in [0.25, 0.3) is 11.8 Å². The number of rotatable bonds is 4. The van der Waals surface area contributed by atoms with E-state index in [-0.39, 0.29) is 17.1 Å². The summed E-state index contributed by atoms with van der Waals surface area (Å²) in [4.78, 5) is 24.4. The molecule has 0 saturated heterocycles. The highest BCUT2D eigenvalue weighted by Gasteiger charge is 2.31. The lowest BCUT2D eigenvalue weighted by molar-refractivity contribution is -0.136. The first-order valence-electron chi connectivity index (χ1n) is 8.64. The normalized spacial score (nSPS) is 15.2. The van der Waals surface area contributed by atoms with Crippen LogP contribution in [0.1, 0.15) is 23.9 Å². The summed E-state index contributed by atoms with van der Waals surface area (Å²) in [5.41, 5.74) is 4.60. The fourth-order valence-electron chi connectivity index (χ4n) is 3.40. The highest BCUT2D eigenvalue weighted by atomic mass is 35.5. The van der Waals surface area contributed by atoms with E-state index in [4.69, 9.17) is 21.1 Å². The summed E-state index contributed by atoms with van der Waals surface area (Å²) in [5, 5.41) is 3.19. The molecule has 0 fully saturated rings. The molecule has 1 aromatic heterocycles. The van der Waals surface area contributed by atoms with E-state index in [1.807, 2.05) is 36.6 Å². The van der Waals surface area contributed by atoms with Crippen molar-refractivity contribution in [2.24, 2.45) is 0 Å². The van der Waals surface area contributed by atoms with Gasteiger partial charge in [0.25, 0.3) is 5.91 Å². The number of esters is 1. The topological polar surface area (TPSA) is 69.6 Å². The maximum atomic E-state index is 12.3. The van der Waals surface area contributed by atoms with Crippen LogP contribution in [0.5, 0.6) is 5.75 Å². The highest BCUT2D eigenvalue weighted by molar-refractivity contribution is 6.32. The molecule has 7 heteroatoms. The van der Waals surface area contributed by atoms with Gasteiger partial charge in [-0.15, -0.1) is 0 Å². The molecule has 1 aliphatic rings. The van der Waals surface area contributed by atoms with E-state index >= 15 is 0 Å². The number of allylic oxidation sites excluding steroid dienone is 1. The van der Waals surface area contributed by atoms with Gasteiger partial charge in [-0.1, -0.05) is 11.6 Å². The number of carbonyl (C=O) groups excluding carboxylic acids is 2. The zero-order valence-electron chi connectivity index (χ0n) is 16.3. The van der Waals surface area contributed by atoms with Crippen molar-refractivity contribution in [3.8, 4) is 11.4 Å². The maximum Gasteiger partial charge on any atom is 0.340 e. The first kappa shape index (κ1) is 19.8. The van der Waals surface area contributed by atoms with Crippen LogP contribution in [0.4, 0.5) is 0 Å². The van der Waals surface area contributed by atoms with E-state index in [2.05, 4.69) is 5.32 Å². The van der Waals surface area contributed by atoms with Crippen molar-refractivity contribution in [3.63, 3.8) is 0 Å². The minimum Gasteiger partial charge on any atom is -0.495 e. The second kappa shape index (κ2) is 7.56. The summed E-state index contributed by atoms with van der Waals surface area (Å²) in [5.74, 6) is -0.269. The number of carbonyl (C=O) groups is 2. The van der Waals surface area contributed by atoms with Crippen LogP contribution < -0.4 is 10.1 Å². The molecule has 3 rings (SSSR count). The van der Waals surface area contributed by atoms with Gasteiger partial charge in [-0.3, -0.25) is 4.79 Å². The van der Waals surface area contributed by atoms with Crippen molar-refractivity contribution in [1.82, 2.24) is 9.88 Å². The molecule has 1 aromatic carbocycles. The quantitative estimate of drug-likeness (QED) is 0.627. The van der Waals surface area contributed by atoms with Crippen molar-refractivity contribution < 1.29 is 19.1 Å². The van der Waals surface area contributed by atoms with E-state index in [0.29, 0.717) is 16.5 Å². The molecule has 0 atom stereocenters. The molecule has 2 aromatic rings. The zero-order valence-corrected chi connectivity index (χ0v) is 17.1. The third-order valence-electron chi connectivity index (χ3n) is 4.74. The lowest BCUT2D eigenvalue weighted by Crippen LogP contribution is -2.15. The Morgan fingerprint density at radius 2 is 1.89 bits per heavy atom. The number of methoxy groups -OCH3 is 2. The third-order valence-corrected chi connectivity index (χ3v) is 5.04. The first-order valence-corrected chi connectivity index (χ1v) is 9.01.